The third-order valence-corrected chi connectivity index (χ3v) is 3.22. The van der Waals surface area contributed by atoms with Crippen LogP contribution in [0, 0.1) is 18.3 Å². The third-order valence-electron chi connectivity index (χ3n) is 3.22. The Balaban J connectivity index is 1.91. The smallest absolute Gasteiger partial charge is 0.220 e. The van der Waals surface area contributed by atoms with Gasteiger partial charge >= 0.3 is 0 Å². The molecular formula is C19H14N2O. The fourth-order valence-corrected chi connectivity index (χ4v) is 2.25. The second-order valence-electron chi connectivity index (χ2n) is 4.94. The number of pyridine rings is 1. The first-order valence-corrected chi connectivity index (χ1v) is 6.97. The maximum atomic E-state index is 9.01. The maximum absolute atomic E-state index is 9.01. The lowest BCUT2D eigenvalue weighted by Crippen LogP contribution is -1.92. The van der Waals surface area contributed by atoms with Gasteiger partial charge in [0.1, 0.15) is 5.75 Å². The third kappa shape index (κ3) is 3.13. The van der Waals surface area contributed by atoms with Gasteiger partial charge in [-0.3, -0.25) is 0 Å². The minimum Gasteiger partial charge on any atom is -0.439 e. The first kappa shape index (κ1) is 13.8. The quantitative estimate of drug-likeness (QED) is 0.699. The van der Waals surface area contributed by atoms with Gasteiger partial charge in [-0.2, -0.15) is 5.26 Å². The zero-order chi connectivity index (χ0) is 15.4. The van der Waals surface area contributed by atoms with E-state index in [-0.39, 0.29) is 0 Å². The number of hydrogen-bond acceptors (Lipinski definition) is 3. The number of rotatable bonds is 3. The Labute approximate surface area is 129 Å². The van der Waals surface area contributed by atoms with Gasteiger partial charge in [-0.15, -0.1) is 0 Å². The van der Waals surface area contributed by atoms with Gasteiger partial charge in [0.25, 0.3) is 0 Å². The molecule has 0 amide bonds. The van der Waals surface area contributed by atoms with Gasteiger partial charge in [0, 0.05) is 11.8 Å². The van der Waals surface area contributed by atoms with Gasteiger partial charge in [-0.25, -0.2) is 4.98 Å². The molecule has 1 aromatic heterocycles. The lowest BCUT2D eigenvalue weighted by atomic mass is 10.1. The molecule has 0 unspecified atom stereocenters. The van der Waals surface area contributed by atoms with Crippen molar-refractivity contribution < 1.29 is 4.74 Å². The molecule has 106 valence electrons. The predicted molar refractivity (Wildman–Crippen MR) is 85.6 cm³/mol. The molecule has 0 saturated carbocycles. The standard InChI is InChI=1S/C19H14N2O/c1-14-10-15(13-20)11-19(21-14)22-18-9-5-8-17(12-18)16-6-3-2-4-7-16/h2-12H,1H3. The lowest BCUT2D eigenvalue weighted by molar-refractivity contribution is 0.461. The van der Waals surface area contributed by atoms with Crippen molar-refractivity contribution in [2.24, 2.45) is 0 Å². The first-order chi connectivity index (χ1) is 10.7. The molecular weight excluding hydrogens is 272 g/mol. The molecule has 3 nitrogen and oxygen atoms in total. The monoisotopic (exact) mass is 286 g/mol. The van der Waals surface area contributed by atoms with E-state index in [1.807, 2.05) is 49.4 Å². The SMILES string of the molecule is Cc1cc(C#N)cc(Oc2cccc(-c3ccccc3)c2)n1. The van der Waals surface area contributed by atoms with Crippen LogP contribution in [0.4, 0.5) is 0 Å². The molecule has 0 atom stereocenters. The van der Waals surface area contributed by atoms with Crippen LogP contribution in [0.15, 0.2) is 66.7 Å². The molecule has 0 bridgehead atoms. The number of aromatic nitrogens is 1. The summed E-state index contributed by atoms with van der Waals surface area (Å²) in [6, 6.07) is 23.4. The van der Waals surface area contributed by atoms with Crippen LogP contribution in [0.3, 0.4) is 0 Å². The highest BCUT2D eigenvalue weighted by Crippen LogP contribution is 2.27. The summed E-state index contributed by atoms with van der Waals surface area (Å²) in [6.45, 7) is 1.84. The average molecular weight is 286 g/mol. The summed E-state index contributed by atoms with van der Waals surface area (Å²) in [4.78, 5) is 4.31. The van der Waals surface area contributed by atoms with Crippen molar-refractivity contribution in [3.63, 3.8) is 0 Å². The first-order valence-electron chi connectivity index (χ1n) is 6.97. The Bertz CT molecular complexity index is 836. The molecule has 0 aliphatic rings. The molecule has 0 aliphatic heterocycles. The topological polar surface area (TPSA) is 45.9 Å². The van der Waals surface area contributed by atoms with Gasteiger partial charge in [0.15, 0.2) is 0 Å². The molecule has 0 fully saturated rings. The van der Waals surface area contributed by atoms with Crippen LogP contribution in [-0.2, 0) is 0 Å². The second-order valence-corrected chi connectivity index (χ2v) is 4.94. The molecule has 0 radical (unpaired) electrons. The molecule has 0 N–H and O–H groups in total. The molecule has 0 aliphatic carbocycles. The highest BCUT2D eigenvalue weighted by molar-refractivity contribution is 5.65. The number of hydrogen-bond donors (Lipinski definition) is 0. The fourth-order valence-electron chi connectivity index (χ4n) is 2.25. The van der Waals surface area contributed by atoms with Crippen LogP contribution in [0.1, 0.15) is 11.3 Å². The van der Waals surface area contributed by atoms with Gasteiger partial charge in [0.05, 0.1) is 11.6 Å². The lowest BCUT2D eigenvalue weighted by Gasteiger charge is -2.08. The number of ether oxygens (including phenoxy) is 1. The van der Waals surface area contributed by atoms with Gasteiger partial charge < -0.3 is 4.74 Å². The van der Waals surface area contributed by atoms with Crippen LogP contribution in [0.2, 0.25) is 0 Å². The molecule has 2 aromatic carbocycles. The van der Waals surface area contributed by atoms with Crippen molar-refractivity contribution in [3.8, 4) is 28.8 Å². The average Bonchev–Trinajstić information content (AvgIpc) is 2.55. The van der Waals surface area contributed by atoms with Crippen LogP contribution in [0.25, 0.3) is 11.1 Å². The minimum atomic E-state index is 0.432. The normalized spacial score (nSPS) is 10.0. The largest absolute Gasteiger partial charge is 0.439 e. The second kappa shape index (κ2) is 6.11. The van der Waals surface area contributed by atoms with Crippen molar-refractivity contribution in [2.45, 2.75) is 6.92 Å². The highest BCUT2D eigenvalue weighted by Gasteiger charge is 2.04. The van der Waals surface area contributed by atoms with Crippen LogP contribution < -0.4 is 4.74 Å². The minimum absolute atomic E-state index is 0.432. The number of aryl methyl sites for hydroxylation is 1. The summed E-state index contributed by atoms with van der Waals surface area (Å²) in [6.07, 6.45) is 0. The van der Waals surface area contributed by atoms with Crippen LogP contribution in [-0.4, -0.2) is 4.98 Å². The maximum Gasteiger partial charge on any atom is 0.220 e. The van der Waals surface area contributed by atoms with E-state index in [4.69, 9.17) is 10.00 Å². The number of nitrogens with zero attached hydrogens (tertiary/aromatic N) is 2. The summed E-state index contributed by atoms with van der Waals surface area (Å²) in [5.74, 6) is 1.13. The summed E-state index contributed by atoms with van der Waals surface area (Å²) in [5, 5.41) is 9.01. The van der Waals surface area contributed by atoms with Gasteiger partial charge in [-0.05, 0) is 36.2 Å². The Morgan fingerprint density at radius 2 is 1.68 bits per heavy atom. The number of benzene rings is 2. The van der Waals surface area contributed by atoms with Crippen molar-refractivity contribution in [1.82, 2.24) is 4.98 Å². The molecule has 22 heavy (non-hydrogen) atoms. The Kier molecular flexibility index (Phi) is 3.84. The number of nitriles is 1. The fraction of sp³-hybridized carbons (Fsp3) is 0.0526. The van der Waals surface area contributed by atoms with E-state index in [9.17, 15) is 0 Å². The molecule has 3 rings (SSSR count). The molecule has 3 heteroatoms. The van der Waals surface area contributed by atoms with Crippen LogP contribution in [0.5, 0.6) is 11.6 Å². The van der Waals surface area contributed by atoms with E-state index in [1.165, 1.54) is 0 Å². The van der Waals surface area contributed by atoms with E-state index in [0.717, 1.165) is 16.8 Å². The van der Waals surface area contributed by atoms with E-state index in [1.54, 1.807) is 12.1 Å². The van der Waals surface area contributed by atoms with E-state index in [2.05, 4.69) is 23.2 Å². The molecule has 0 saturated heterocycles. The van der Waals surface area contributed by atoms with E-state index in [0.29, 0.717) is 17.2 Å². The van der Waals surface area contributed by atoms with Gasteiger partial charge in [0.2, 0.25) is 5.88 Å². The zero-order valence-electron chi connectivity index (χ0n) is 12.2. The van der Waals surface area contributed by atoms with Crippen molar-refractivity contribution in [1.29, 1.82) is 5.26 Å². The summed E-state index contributed by atoms with van der Waals surface area (Å²) in [7, 11) is 0. The van der Waals surface area contributed by atoms with Gasteiger partial charge in [-0.1, -0.05) is 42.5 Å². The van der Waals surface area contributed by atoms with Crippen molar-refractivity contribution in [3.05, 3.63) is 78.0 Å². The Hall–Kier alpha value is -3.12. The predicted octanol–water partition coefficient (Wildman–Crippen LogP) is 4.72. The molecule has 0 spiro atoms. The molecule has 3 aromatic rings. The Morgan fingerprint density at radius 1 is 0.909 bits per heavy atom. The van der Waals surface area contributed by atoms with Crippen LogP contribution >= 0.6 is 0 Å². The highest BCUT2D eigenvalue weighted by atomic mass is 16.5. The van der Waals surface area contributed by atoms with Crippen molar-refractivity contribution >= 4 is 0 Å². The van der Waals surface area contributed by atoms with E-state index >= 15 is 0 Å². The zero-order valence-corrected chi connectivity index (χ0v) is 12.2. The summed E-state index contributed by atoms with van der Waals surface area (Å²) < 4.78 is 5.80. The molecule has 1 heterocycles. The summed E-state index contributed by atoms with van der Waals surface area (Å²) in [5.41, 5.74) is 3.50. The van der Waals surface area contributed by atoms with Crippen molar-refractivity contribution in [2.75, 3.05) is 0 Å². The Morgan fingerprint density at radius 3 is 2.45 bits per heavy atom. The summed E-state index contributed by atoms with van der Waals surface area (Å²) >= 11 is 0. The van der Waals surface area contributed by atoms with E-state index < -0.39 is 0 Å².